The third-order valence-electron chi connectivity index (χ3n) is 15.2. The highest BCUT2D eigenvalue weighted by molar-refractivity contribution is 6.25. The zero-order chi connectivity index (χ0) is 49.8. The van der Waals surface area contributed by atoms with Gasteiger partial charge in [-0.1, -0.05) is 176 Å². The molecule has 5 heterocycles. The molecule has 16 rings (SSSR count). The molecular weight excluding hydrogens is 931 g/mol. The standard InChI is InChI=1S/C69H41N5O2/c1-4-20-42(21-5-1)67-70-68(51-32-18-40-59-65(51)63-47(30-16-38-57(63)75-59)45-28-14-36-55-61(45)49-26-10-12-34-53(49)73(55)43-22-6-2-7-23-43)72-69(71-67)52-33-19-41-60-66(52)64-48(31-17-39-58(64)76-60)46-29-15-37-56-62(46)50-27-11-13-35-54(50)74(56)44-24-8-3-9-25-44/h1-41H. The van der Waals surface area contributed by atoms with Crippen molar-refractivity contribution >= 4 is 87.5 Å². The molecule has 0 fully saturated rings. The molecule has 0 N–H and O–H groups in total. The number of benzene rings is 11. The summed E-state index contributed by atoms with van der Waals surface area (Å²) in [4.78, 5) is 16.2. The largest absolute Gasteiger partial charge is 0.456 e. The second kappa shape index (κ2) is 16.6. The van der Waals surface area contributed by atoms with E-state index in [-0.39, 0.29) is 0 Å². The first-order valence-electron chi connectivity index (χ1n) is 25.6. The van der Waals surface area contributed by atoms with Gasteiger partial charge in [-0.15, -0.1) is 0 Å². The number of hydrogen-bond donors (Lipinski definition) is 0. The maximum atomic E-state index is 6.82. The van der Waals surface area contributed by atoms with E-state index in [1.165, 1.54) is 21.5 Å². The van der Waals surface area contributed by atoms with Crippen LogP contribution in [0.1, 0.15) is 0 Å². The van der Waals surface area contributed by atoms with Gasteiger partial charge < -0.3 is 18.0 Å². The second-order valence-corrected chi connectivity index (χ2v) is 19.4. The number of fused-ring (bicyclic) bond motifs is 12. The summed E-state index contributed by atoms with van der Waals surface area (Å²) in [6, 6.07) is 87.1. The number of hydrogen-bond acceptors (Lipinski definition) is 5. The predicted octanol–water partition coefficient (Wildman–Crippen LogP) is 18.2. The fourth-order valence-electron chi connectivity index (χ4n) is 12.1. The highest BCUT2D eigenvalue weighted by atomic mass is 16.3. The van der Waals surface area contributed by atoms with Gasteiger partial charge in [0.05, 0.1) is 22.1 Å². The van der Waals surface area contributed by atoms with Gasteiger partial charge >= 0.3 is 0 Å². The van der Waals surface area contributed by atoms with Gasteiger partial charge in [-0.3, -0.25) is 0 Å². The van der Waals surface area contributed by atoms with Gasteiger partial charge in [0.15, 0.2) is 17.5 Å². The predicted molar refractivity (Wildman–Crippen MR) is 310 cm³/mol. The average molecular weight is 972 g/mol. The second-order valence-electron chi connectivity index (χ2n) is 19.4. The lowest BCUT2D eigenvalue weighted by Gasteiger charge is -2.12. The molecule has 0 aliphatic heterocycles. The molecule has 0 aliphatic carbocycles. The van der Waals surface area contributed by atoms with Gasteiger partial charge in [0.25, 0.3) is 0 Å². The minimum atomic E-state index is 0.536. The summed E-state index contributed by atoms with van der Waals surface area (Å²) in [7, 11) is 0. The molecule has 76 heavy (non-hydrogen) atoms. The van der Waals surface area contributed by atoms with Gasteiger partial charge in [0, 0.05) is 71.2 Å². The van der Waals surface area contributed by atoms with E-state index in [0.717, 1.165) is 116 Å². The summed E-state index contributed by atoms with van der Waals surface area (Å²) in [5.41, 5.74) is 16.7. The molecule has 7 heteroatoms. The molecule has 0 amide bonds. The van der Waals surface area contributed by atoms with Gasteiger partial charge in [0.2, 0.25) is 0 Å². The van der Waals surface area contributed by atoms with Crippen LogP contribution in [0.15, 0.2) is 258 Å². The average Bonchev–Trinajstić information content (AvgIpc) is 4.30. The number of rotatable bonds is 7. The maximum absolute atomic E-state index is 6.82. The molecule has 0 aliphatic rings. The van der Waals surface area contributed by atoms with Crippen molar-refractivity contribution < 1.29 is 8.83 Å². The van der Waals surface area contributed by atoms with Crippen molar-refractivity contribution in [2.24, 2.45) is 0 Å². The molecule has 0 radical (unpaired) electrons. The molecule has 354 valence electrons. The fraction of sp³-hybridized carbons (Fsp3) is 0. The number of furan rings is 2. The van der Waals surface area contributed by atoms with Gasteiger partial charge in [-0.25, -0.2) is 15.0 Å². The summed E-state index contributed by atoms with van der Waals surface area (Å²) in [5, 5.41) is 8.57. The molecular formula is C69H41N5O2. The van der Waals surface area contributed by atoms with Crippen LogP contribution in [0, 0.1) is 0 Å². The van der Waals surface area contributed by atoms with Crippen LogP contribution in [0.2, 0.25) is 0 Å². The lowest BCUT2D eigenvalue weighted by molar-refractivity contribution is 0.668. The van der Waals surface area contributed by atoms with Crippen molar-refractivity contribution in [2.75, 3.05) is 0 Å². The number of nitrogens with zero attached hydrogens (tertiary/aromatic N) is 5. The lowest BCUT2D eigenvalue weighted by Crippen LogP contribution is -2.00. The highest BCUT2D eigenvalue weighted by Crippen LogP contribution is 2.48. The molecule has 0 saturated heterocycles. The van der Waals surface area contributed by atoms with Gasteiger partial charge in [0.1, 0.15) is 22.3 Å². The van der Waals surface area contributed by atoms with Gasteiger partial charge in [-0.2, -0.15) is 0 Å². The van der Waals surface area contributed by atoms with Crippen LogP contribution in [-0.4, -0.2) is 24.1 Å². The summed E-state index contributed by atoms with van der Waals surface area (Å²) in [6.07, 6.45) is 0. The van der Waals surface area contributed by atoms with E-state index in [1.807, 2.05) is 42.5 Å². The Hall–Kier alpha value is -10.4. The smallest absolute Gasteiger partial charge is 0.164 e. The third-order valence-corrected chi connectivity index (χ3v) is 15.2. The van der Waals surface area contributed by atoms with Crippen LogP contribution in [0.4, 0.5) is 0 Å². The van der Waals surface area contributed by atoms with Crippen LogP contribution in [0.25, 0.3) is 155 Å². The van der Waals surface area contributed by atoms with Crippen LogP contribution < -0.4 is 0 Å². The van der Waals surface area contributed by atoms with E-state index in [9.17, 15) is 0 Å². The number of para-hydroxylation sites is 4. The zero-order valence-corrected chi connectivity index (χ0v) is 40.7. The van der Waals surface area contributed by atoms with Crippen LogP contribution in [0.3, 0.4) is 0 Å². The first kappa shape index (κ1) is 42.2. The van der Waals surface area contributed by atoms with Crippen LogP contribution in [0.5, 0.6) is 0 Å². The Bertz CT molecular complexity index is 4700. The molecule has 5 aromatic heterocycles. The molecule has 0 spiro atoms. The summed E-state index contributed by atoms with van der Waals surface area (Å²) < 4.78 is 18.4. The molecule has 0 unspecified atom stereocenters. The van der Waals surface area contributed by atoms with E-state index in [1.54, 1.807) is 0 Å². The third kappa shape index (κ3) is 6.26. The van der Waals surface area contributed by atoms with Crippen LogP contribution >= 0.6 is 0 Å². The van der Waals surface area contributed by atoms with Gasteiger partial charge in [-0.05, 0) is 95.1 Å². The van der Waals surface area contributed by atoms with Crippen molar-refractivity contribution in [1.82, 2.24) is 24.1 Å². The Morgan fingerprint density at radius 3 is 0.987 bits per heavy atom. The Balaban J connectivity index is 0.942. The molecule has 0 atom stereocenters. The number of aromatic nitrogens is 5. The first-order valence-corrected chi connectivity index (χ1v) is 25.6. The summed E-state index contributed by atoms with van der Waals surface area (Å²) in [6.45, 7) is 0. The van der Waals surface area contributed by atoms with E-state index >= 15 is 0 Å². The molecule has 7 nitrogen and oxygen atoms in total. The Morgan fingerprint density at radius 2 is 0.553 bits per heavy atom. The highest BCUT2D eigenvalue weighted by Gasteiger charge is 2.26. The fourth-order valence-corrected chi connectivity index (χ4v) is 12.1. The maximum Gasteiger partial charge on any atom is 0.164 e. The zero-order valence-electron chi connectivity index (χ0n) is 40.7. The van der Waals surface area contributed by atoms with Crippen molar-refractivity contribution in [3.8, 4) is 67.8 Å². The molecule has 16 aromatic rings. The van der Waals surface area contributed by atoms with E-state index in [0.29, 0.717) is 17.5 Å². The van der Waals surface area contributed by atoms with E-state index in [2.05, 4.69) is 215 Å². The normalized spacial score (nSPS) is 11.9. The van der Waals surface area contributed by atoms with Crippen molar-refractivity contribution in [2.45, 2.75) is 0 Å². The molecule has 11 aromatic carbocycles. The minimum Gasteiger partial charge on any atom is -0.456 e. The molecule has 0 saturated carbocycles. The van der Waals surface area contributed by atoms with Crippen molar-refractivity contribution in [3.05, 3.63) is 249 Å². The quantitative estimate of drug-likeness (QED) is 0.159. The SMILES string of the molecule is c1ccc(-c2nc(-c3cccc4oc5cccc(-c6cccc7c6c6ccccc6n7-c6ccccc6)c5c34)nc(-c3cccc4oc5cccc(-c6cccc7c6c6ccccc6n7-c6ccccc6)c5c34)n2)cc1. The first-order chi connectivity index (χ1) is 37.7. The Morgan fingerprint density at radius 1 is 0.237 bits per heavy atom. The Labute approximate surface area is 434 Å². The minimum absolute atomic E-state index is 0.536. The van der Waals surface area contributed by atoms with E-state index < -0.39 is 0 Å². The lowest BCUT2D eigenvalue weighted by atomic mass is 9.93. The van der Waals surface area contributed by atoms with Crippen molar-refractivity contribution in [3.63, 3.8) is 0 Å². The summed E-state index contributed by atoms with van der Waals surface area (Å²) >= 11 is 0. The van der Waals surface area contributed by atoms with E-state index in [4.69, 9.17) is 23.8 Å². The van der Waals surface area contributed by atoms with Crippen molar-refractivity contribution in [1.29, 1.82) is 0 Å². The molecule has 0 bridgehead atoms. The summed E-state index contributed by atoms with van der Waals surface area (Å²) in [5.74, 6) is 1.64. The van der Waals surface area contributed by atoms with Crippen LogP contribution in [-0.2, 0) is 0 Å². The monoisotopic (exact) mass is 971 g/mol. The Kier molecular flexibility index (Phi) is 9.20. The topological polar surface area (TPSA) is 74.8 Å².